The smallest absolute Gasteiger partial charge is 0.300 e. The third-order valence-electron chi connectivity index (χ3n) is 3.13. The summed E-state index contributed by atoms with van der Waals surface area (Å²) >= 11 is -3.06. The number of nitrogens with zero attached hydrogens (tertiary/aromatic N) is 1. The molecule has 0 bridgehead atoms. The first-order valence-corrected chi connectivity index (χ1v) is 21.3. The minimum atomic E-state index is -3.41. The van der Waals surface area contributed by atoms with Gasteiger partial charge in [-0.15, -0.1) is 0 Å². The van der Waals surface area contributed by atoms with Crippen LogP contribution in [-0.4, -0.2) is 149 Å². The van der Waals surface area contributed by atoms with Crippen LogP contribution in [0.4, 0.5) is 0 Å². The molecule has 0 aromatic heterocycles. The number of hydrogen-bond acceptors (Lipinski definition) is 12. The van der Waals surface area contributed by atoms with Gasteiger partial charge in [-0.05, 0) is 56.4 Å². The Morgan fingerprint density at radius 1 is 0.622 bits per heavy atom. The Morgan fingerprint density at radius 3 is 0.911 bits per heavy atom. The van der Waals surface area contributed by atoms with E-state index in [4.69, 9.17) is 0 Å². The van der Waals surface area contributed by atoms with Gasteiger partial charge in [0.2, 0.25) is 10.0 Å². The van der Waals surface area contributed by atoms with Crippen molar-refractivity contribution in [3.63, 3.8) is 0 Å². The predicted molar refractivity (Wildman–Crippen MR) is 186 cm³/mol. The maximum atomic E-state index is 10.8. The summed E-state index contributed by atoms with van der Waals surface area (Å²) < 4.78 is 124. The first-order chi connectivity index (χ1) is 20.4. The zero-order valence-electron chi connectivity index (χ0n) is 28.7. The lowest BCUT2D eigenvalue weighted by molar-refractivity contribution is 0.267. The van der Waals surface area contributed by atoms with E-state index in [-0.39, 0.29) is 0 Å². The van der Waals surface area contributed by atoms with E-state index in [2.05, 4.69) is 51.4 Å². The lowest BCUT2D eigenvalue weighted by Gasteiger charge is -2.09. The second kappa shape index (κ2) is 40.4. The molecule has 0 saturated heterocycles. The predicted octanol–water partition coefficient (Wildman–Crippen LogP) is -4.28. The van der Waals surface area contributed by atoms with Gasteiger partial charge >= 0.3 is 18.1 Å². The molecular weight excluding hydrogens is 748 g/mol. The van der Waals surface area contributed by atoms with Crippen LogP contribution in [0, 0.1) is 0 Å². The van der Waals surface area contributed by atoms with Crippen molar-refractivity contribution in [1.82, 2.24) is 47.2 Å². The molecule has 29 heteroatoms. The standard InChI is InChI=1S/C3H10N2OS.C3H10NO3P.2C2H8N2OS.C2H7NO3S.C2H7NO2S.C2H7NOS/c1-4-7(6)5(2)3;1-4-8(5,6-2)7-3;2*1-3-6(5)4-2;1-3-7(4,5)6-2;1-3-6(2,4)5;1-3-5(2)4/h4H,1-3H3;1-3H3,(H,4,5);2*3-4H,1-2H3;3H,1-2H3;3H,1-2H3;3H,1-2H3. The van der Waals surface area contributed by atoms with Crippen molar-refractivity contribution in [3.8, 4) is 0 Å². The van der Waals surface area contributed by atoms with Crippen LogP contribution in [0.2, 0.25) is 0 Å². The van der Waals surface area contributed by atoms with E-state index < -0.39 is 72.6 Å². The zero-order valence-corrected chi connectivity index (χ0v) is 34.5. The van der Waals surface area contributed by atoms with Crippen LogP contribution in [0.15, 0.2) is 0 Å². The minimum absolute atomic E-state index is 0.823. The van der Waals surface area contributed by atoms with Gasteiger partial charge in [0.05, 0.1) is 24.4 Å². The molecule has 0 amide bonds. The number of sulfonamides is 1. The topological polar surface area (TPSA) is 293 Å². The first kappa shape index (κ1) is 60.5. The molecule has 9 N–H and O–H groups in total. The van der Waals surface area contributed by atoms with E-state index >= 15 is 0 Å². The Hall–Kier alpha value is 0.210. The second-order valence-corrected chi connectivity index (χ2v) is 17.6. The van der Waals surface area contributed by atoms with Gasteiger partial charge in [-0.25, -0.2) is 72.3 Å². The van der Waals surface area contributed by atoms with Crippen molar-refractivity contribution in [2.45, 2.75) is 0 Å². The number of rotatable bonds is 13. The van der Waals surface area contributed by atoms with Crippen LogP contribution < -0.4 is 42.9 Å². The molecule has 0 aromatic rings. The summed E-state index contributed by atoms with van der Waals surface area (Å²) in [6.45, 7) is 0. The second-order valence-electron chi connectivity index (χ2n) is 6.17. The molecule has 0 fully saturated rings. The van der Waals surface area contributed by atoms with E-state index in [0.717, 1.165) is 13.4 Å². The SMILES string of the molecule is CNP(=O)(OC)OC.CNS(=O)(=O)OC.CNS(=O)N(C)C.CNS(=O)NC.CNS(=O)NC.CNS(C)(=O)=O.CNS(C)=O. The van der Waals surface area contributed by atoms with Gasteiger partial charge in [-0.2, -0.15) is 13.1 Å². The Balaban J connectivity index is -0.0000000752. The van der Waals surface area contributed by atoms with Gasteiger partial charge in [0.15, 0.2) is 33.5 Å². The minimum Gasteiger partial charge on any atom is -0.300 e. The Morgan fingerprint density at radius 2 is 0.911 bits per heavy atom. The van der Waals surface area contributed by atoms with E-state index in [1.54, 1.807) is 66.9 Å². The van der Waals surface area contributed by atoms with Gasteiger partial charge < -0.3 is 9.05 Å². The fourth-order valence-electron chi connectivity index (χ4n) is 0.727. The summed E-state index contributed by atoms with van der Waals surface area (Å²) in [7, 11) is 11.1. The van der Waals surface area contributed by atoms with Crippen LogP contribution in [0.3, 0.4) is 0 Å². The van der Waals surface area contributed by atoms with Crippen molar-refractivity contribution < 1.29 is 51.5 Å². The van der Waals surface area contributed by atoms with Crippen LogP contribution in [0.5, 0.6) is 0 Å². The van der Waals surface area contributed by atoms with Gasteiger partial charge in [0.1, 0.15) is 0 Å². The largest absolute Gasteiger partial charge is 0.404 e. The Kier molecular flexibility index (Phi) is 54.3. The third kappa shape index (κ3) is 67.3. The van der Waals surface area contributed by atoms with E-state index in [9.17, 15) is 38.2 Å². The van der Waals surface area contributed by atoms with E-state index in [1.807, 2.05) is 4.72 Å². The molecule has 0 aromatic carbocycles. The van der Waals surface area contributed by atoms with Crippen LogP contribution in [0.1, 0.15) is 0 Å². The van der Waals surface area contributed by atoms with Gasteiger partial charge in [0, 0.05) is 41.6 Å². The van der Waals surface area contributed by atoms with E-state index in [0.29, 0.717) is 0 Å². The average molecular weight is 805 g/mol. The highest BCUT2D eigenvalue weighted by Crippen LogP contribution is 2.39. The Labute approximate surface area is 281 Å². The highest BCUT2D eigenvalue weighted by molar-refractivity contribution is 7.88. The highest BCUT2D eigenvalue weighted by atomic mass is 32.2. The molecule has 0 aliphatic rings. The molecule has 2 atom stereocenters. The lowest BCUT2D eigenvalue weighted by atomic mass is 11.3. The molecular formula is C16H57N10O12PS6. The molecule has 0 radical (unpaired) electrons. The van der Waals surface area contributed by atoms with Crippen molar-refractivity contribution in [2.75, 3.05) is 111 Å². The fraction of sp³-hybridized carbons (Fsp3) is 1.00. The summed E-state index contributed by atoms with van der Waals surface area (Å²) in [4.78, 5) is 0. The lowest BCUT2D eigenvalue weighted by Crippen LogP contribution is -2.25. The normalized spacial score (nSPS) is 12.1. The monoisotopic (exact) mass is 804 g/mol. The highest BCUT2D eigenvalue weighted by Gasteiger charge is 2.15. The quantitative estimate of drug-likeness (QED) is 0.0798. The molecule has 0 heterocycles. The molecule has 0 saturated carbocycles. The average Bonchev–Trinajstić information content (AvgIpc) is 3.04. The molecule has 0 spiro atoms. The van der Waals surface area contributed by atoms with Crippen LogP contribution in [-0.2, 0) is 82.6 Å². The van der Waals surface area contributed by atoms with E-state index in [1.165, 1.54) is 35.4 Å². The van der Waals surface area contributed by atoms with Crippen LogP contribution >= 0.6 is 7.75 Å². The first-order valence-electron chi connectivity index (χ1n) is 11.5. The third-order valence-corrected chi connectivity index (χ3v) is 9.39. The summed E-state index contributed by atoms with van der Waals surface area (Å²) in [6.07, 6.45) is 2.69. The number of hydrogen-bond donors (Lipinski definition) is 9. The summed E-state index contributed by atoms with van der Waals surface area (Å²) in [5.74, 6) is 0. The van der Waals surface area contributed by atoms with Gasteiger partial charge in [-0.1, -0.05) is 0 Å². The van der Waals surface area contributed by atoms with Gasteiger partial charge in [0.25, 0.3) is 0 Å². The molecule has 0 aliphatic heterocycles. The fourth-order valence-corrected chi connectivity index (χ4v) is 2.18. The van der Waals surface area contributed by atoms with Crippen molar-refractivity contribution in [2.24, 2.45) is 0 Å². The molecule has 284 valence electrons. The van der Waals surface area contributed by atoms with Crippen molar-refractivity contribution in [1.29, 1.82) is 0 Å². The molecule has 0 rings (SSSR count). The van der Waals surface area contributed by atoms with Gasteiger partial charge in [-0.3, -0.25) is 4.18 Å². The molecule has 2 unspecified atom stereocenters. The summed E-state index contributed by atoms with van der Waals surface area (Å²) in [6, 6.07) is 0. The molecule has 45 heavy (non-hydrogen) atoms. The van der Waals surface area contributed by atoms with Crippen molar-refractivity contribution in [3.05, 3.63) is 0 Å². The summed E-state index contributed by atoms with van der Waals surface area (Å²) in [5.41, 5.74) is 0. The molecule has 0 aliphatic carbocycles. The molecule has 22 nitrogen and oxygen atoms in total. The maximum absolute atomic E-state index is 10.8. The Bertz CT molecular complexity index is 954. The maximum Gasteiger partial charge on any atom is 0.404 e. The number of nitrogens with one attached hydrogen (secondary N) is 9. The summed E-state index contributed by atoms with van der Waals surface area (Å²) in [5, 5.41) is 2.39. The zero-order chi connectivity index (χ0) is 37.9. The van der Waals surface area contributed by atoms with Crippen LogP contribution in [0.25, 0.3) is 0 Å². The van der Waals surface area contributed by atoms with Crippen molar-refractivity contribution >= 4 is 72.6 Å².